The summed E-state index contributed by atoms with van der Waals surface area (Å²) in [4.78, 5) is 25.1. The number of amides is 1. The second-order valence-corrected chi connectivity index (χ2v) is 10.4. The average Bonchev–Trinajstić information content (AvgIpc) is 3.25. The first-order valence-electron chi connectivity index (χ1n) is 12.4. The molecule has 4 rings (SSSR count). The first-order chi connectivity index (χ1) is 16.1. The van der Waals surface area contributed by atoms with E-state index in [2.05, 4.69) is 36.1 Å². The number of nitrogens with one attached hydrogen (secondary N) is 1. The molecule has 190 valence electrons. The average molecular weight is 484 g/mol. The summed E-state index contributed by atoms with van der Waals surface area (Å²) in [5.41, 5.74) is -1.35. The van der Waals surface area contributed by atoms with Gasteiger partial charge < -0.3 is 19.9 Å². The van der Waals surface area contributed by atoms with Crippen LogP contribution in [0.1, 0.15) is 52.1 Å². The second kappa shape index (κ2) is 9.97. The molecule has 0 aromatic carbocycles. The van der Waals surface area contributed by atoms with Crippen molar-refractivity contribution in [3.63, 3.8) is 0 Å². The fourth-order valence-electron chi connectivity index (χ4n) is 5.70. The number of nitrogens with zero attached hydrogens (tertiary/aromatic N) is 4. The lowest BCUT2D eigenvalue weighted by Crippen LogP contribution is -2.55. The van der Waals surface area contributed by atoms with Gasteiger partial charge >= 0.3 is 6.18 Å². The predicted octanol–water partition coefficient (Wildman–Crippen LogP) is 3.35. The topological polar surface area (TPSA) is 70.6 Å². The van der Waals surface area contributed by atoms with Crippen LogP contribution in [0.15, 0.2) is 12.3 Å². The Bertz CT molecular complexity index is 859. The molecule has 1 aliphatic carbocycles. The molecule has 0 bridgehead atoms. The first kappa shape index (κ1) is 25.2. The van der Waals surface area contributed by atoms with Gasteiger partial charge in [-0.05, 0) is 43.6 Å². The number of carbonyl (C=O) groups excluding carboxylic acids is 1. The molecular weight excluding hydrogens is 447 g/mol. The molecular formula is C24H36F3N5O2. The zero-order chi connectivity index (χ0) is 24.5. The van der Waals surface area contributed by atoms with Crippen LogP contribution < -0.4 is 10.2 Å². The fraction of sp³-hybridized carbons (Fsp3) is 0.792. The van der Waals surface area contributed by atoms with E-state index in [1.165, 1.54) is 0 Å². The lowest BCUT2D eigenvalue weighted by Gasteiger charge is -2.42. The minimum Gasteiger partial charge on any atom is -0.381 e. The van der Waals surface area contributed by atoms with E-state index in [1.54, 1.807) is 4.90 Å². The van der Waals surface area contributed by atoms with Crippen molar-refractivity contribution in [1.29, 1.82) is 0 Å². The maximum atomic E-state index is 13.8. The molecule has 0 radical (unpaired) electrons. The number of rotatable bonds is 5. The second-order valence-electron chi connectivity index (χ2n) is 10.4. The van der Waals surface area contributed by atoms with Gasteiger partial charge in [-0.15, -0.1) is 0 Å². The van der Waals surface area contributed by atoms with Crippen LogP contribution in [0.25, 0.3) is 0 Å². The van der Waals surface area contributed by atoms with Crippen molar-refractivity contribution < 1.29 is 22.7 Å². The molecule has 1 amide bonds. The molecule has 0 spiro atoms. The summed E-state index contributed by atoms with van der Waals surface area (Å²) >= 11 is 0. The maximum absolute atomic E-state index is 13.8. The van der Waals surface area contributed by atoms with Crippen LogP contribution in [-0.4, -0.2) is 72.3 Å². The Kier molecular flexibility index (Phi) is 7.38. The largest absolute Gasteiger partial charge is 0.433 e. The minimum absolute atomic E-state index is 0.0659. The van der Waals surface area contributed by atoms with Gasteiger partial charge in [0.1, 0.15) is 5.69 Å². The van der Waals surface area contributed by atoms with Crippen LogP contribution >= 0.6 is 0 Å². The summed E-state index contributed by atoms with van der Waals surface area (Å²) in [6.45, 7) is 9.78. The van der Waals surface area contributed by atoms with Gasteiger partial charge in [-0.2, -0.15) is 13.2 Å². The Morgan fingerprint density at radius 3 is 2.62 bits per heavy atom. The number of alkyl halides is 3. The Morgan fingerprint density at radius 1 is 1.24 bits per heavy atom. The number of piperazine rings is 1. The summed E-state index contributed by atoms with van der Waals surface area (Å²) in [5, 5.41) is 3.81. The molecule has 34 heavy (non-hydrogen) atoms. The van der Waals surface area contributed by atoms with E-state index in [0.29, 0.717) is 44.2 Å². The number of halogens is 3. The molecule has 1 aromatic heterocycles. The van der Waals surface area contributed by atoms with Crippen molar-refractivity contribution in [2.75, 3.05) is 44.3 Å². The molecule has 3 heterocycles. The number of anilines is 1. The molecule has 3 unspecified atom stereocenters. The normalized spacial score (nSPS) is 30.7. The van der Waals surface area contributed by atoms with Crippen molar-refractivity contribution in [2.45, 2.75) is 64.7 Å². The maximum Gasteiger partial charge on any atom is 0.433 e. The highest BCUT2D eigenvalue weighted by Gasteiger charge is 2.50. The van der Waals surface area contributed by atoms with Crippen LogP contribution in [0.3, 0.4) is 0 Å². The van der Waals surface area contributed by atoms with E-state index >= 15 is 0 Å². The highest BCUT2D eigenvalue weighted by atomic mass is 19.4. The molecule has 7 nitrogen and oxygen atoms in total. The summed E-state index contributed by atoms with van der Waals surface area (Å²) in [6, 6.07) is 1.62. The third-order valence-electron chi connectivity index (χ3n) is 7.95. The van der Waals surface area contributed by atoms with Gasteiger partial charge in [0.25, 0.3) is 0 Å². The van der Waals surface area contributed by atoms with Crippen molar-refractivity contribution in [2.24, 2.45) is 17.3 Å². The SMILES string of the molecule is CC1COCCC1N[C@@H]1CCC(C(=O)N2CCN(c3nccc(C(F)(F)F)n3)CC2)(C(C)C)C1. The van der Waals surface area contributed by atoms with Gasteiger partial charge in [-0.1, -0.05) is 20.8 Å². The number of hydrogen-bond acceptors (Lipinski definition) is 6. The quantitative estimate of drug-likeness (QED) is 0.693. The zero-order valence-electron chi connectivity index (χ0n) is 20.3. The Labute approximate surface area is 199 Å². The molecule has 1 saturated carbocycles. The van der Waals surface area contributed by atoms with E-state index in [4.69, 9.17) is 4.74 Å². The van der Waals surface area contributed by atoms with E-state index < -0.39 is 17.3 Å². The van der Waals surface area contributed by atoms with Gasteiger partial charge in [0.2, 0.25) is 11.9 Å². The van der Waals surface area contributed by atoms with E-state index in [0.717, 1.165) is 51.2 Å². The molecule has 10 heteroatoms. The number of carbonyl (C=O) groups is 1. The highest BCUT2D eigenvalue weighted by molar-refractivity contribution is 5.83. The van der Waals surface area contributed by atoms with Crippen molar-refractivity contribution in [3.05, 3.63) is 18.0 Å². The van der Waals surface area contributed by atoms with Gasteiger partial charge in [0.15, 0.2) is 0 Å². The van der Waals surface area contributed by atoms with Gasteiger partial charge in [-0.3, -0.25) is 4.79 Å². The van der Waals surface area contributed by atoms with E-state index in [1.807, 2.05) is 4.90 Å². The van der Waals surface area contributed by atoms with Gasteiger partial charge in [-0.25, -0.2) is 9.97 Å². The summed E-state index contributed by atoms with van der Waals surface area (Å²) in [7, 11) is 0. The number of ether oxygens (including phenoxy) is 1. The standard InChI is InChI=1S/C24H36F3N5O2/c1-16(2)23(7-4-18(14-23)29-19-6-13-34-15-17(19)3)21(33)31-9-11-32(12-10-31)22-28-8-5-20(30-22)24(25,26)27/h5,8,16-19,29H,4,6-7,9-15H2,1-3H3/t17?,18-,19?,23?/m1/s1. The zero-order valence-corrected chi connectivity index (χ0v) is 20.3. The number of hydrogen-bond donors (Lipinski definition) is 1. The van der Waals surface area contributed by atoms with Crippen molar-refractivity contribution in [3.8, 4) is 0 Å². The van der Waals surface area contributed by atoms with Gasteiger partial charge in [0.05, 0.1) is 12.0 Å². The first-order valence-corrected chi connectivity index (χ1v) is 12.4. The molecule has 2 aliphatic heterocycles. The summed E-state index contributed by atoms with van der Waals surface area (Å²) in [6.07, 6.45) is 0.294. The molecule has 3 aliphatic rings. The van der Waals surface area contributed by atoms with Crippen LogP contribution in [0.4, 0.5) is 19.1 Å². The van der Waals surface area contributed by atoms with Crippen LogP contribution in [-0.2, 0) is 15.7 Å². The molecule has 3 fully saturated rings. The van der Waals surface area contributed by atoms with E-state index in [9.17, 15) is 18.0 Å². The highest BCUT2D eigenvalue weighted by Crippen LogP contribution is 2.46. The third-order valence-corrected chi connectivity index (χ3v) is 7.95. The lowest BCUT2D eigenvalue weighted by molar-refractivity contribution is -0.145. The summed E-state index contributed by atoms with van der Waals surface area (Å²) in [5.74, 6) is 0.918. The smallest absolute Gasteiger partial charge is 0.381 e. The fourth-order valence-corrected chi connectivity index (χ4v) is 5.70. The Hall–Kier alpha value is -1.94. The monoisotopic (exact) mass is 483 g/mol. The van der Waals surface area contributed by atoms with Crippen molar-refractivity contribution in [1.82, 2.24) is 20.2 Å². The third kappa shape index (κ3) is 5.17. The van der Waals surface area contributed by atoms with Crippen LogP contribution in [0.2, 0.25) is 0 Å². The molecule has 1 N–H and O–H groups in total. The Morgan fingerprint density at radius 2 is 1.97 bits per heavy atom. The number of aromatic nitrogens is 2. The van der Waals surface area contributed by atoms with E-state index in [-0.39, 0.29) is 17.8 Å². The van der Waals surface area contributed by atoms with Crippen LogP contribution in [0.5, 0.6) is 0 Å². The molecule has 2 saturated heterocycles. The molecule has 1 aromatic rings. The predicted molar refractivity (Wildman–Crippen MR) is 122 cm³/mol. The molecule has 4 atom stereocenters. The Balaban J connectivity index is 1.38. The van der Waals surface area contributed by atoms with Crippen molar-refractivity contribution >= 4 is 11.9 Å². The van der Waals surface area contributed by atoms with Gasteiger partial charge in [0, 0.05) is 51.1 Å². The van der Waals surface area contributed by atoms with Crippen LogP contribution in [0, 0.1) is 17.3 Å². The lowest BCUT2D eigenvalue weighted by atomic mass is 9.74. The minimum atomic E-state index is -4.51. The summed E-state index contributed by atoms with van der Waals surface area (Å²) < 4.78 is 44.6.